The lowest BCUT2D eigenvalue weighted by molar-refractivity contribution is 0.0953. The lowest BCUT2D eigenvalue weighted by atomic mass is 10.2. The number of hydrogen-bond acceptors (Lipinski definition) is 4. The number of carbonyl (C=O) groups is 1. The van der Waals surface area contributed by atoms with Crippen LogP contribution in [0.3, 0.4) is 0 Å². The minimum absolute atomic E-state index is 0.0765. The van der Waals surface area contributed by atoms with Gasteiger partial charge in [0.25, 0.3) is 5.91 Å². The Hall–Kier alpha value is -2.51. The highest BCUT2D eigenvalue weighted by Crippen LogP contribution is 2.31. The summed E-state index contributed by atoms with van der Waals surface area (Å²) in [5, 5.41) is 3.56. The first kappa shape index (κ1) is 19.3. The summed E-state index contributed by atoms with van der Waals surface area (Å²) in [4.78, 5) is 13.2. The molecule has 27 heavy (non-hydrogen) atoms. The molecule has 1 amide bonds. The average molecular weight is 404 g/mol. The van der Waals surface area contributed by atoms with Gasteiger partial charge in [0.05, 0.1) is 4.90 Å². The Morgan fingerprint density at radius 2 is 1.74 bits per heavy atom. The highest BCUT2D eigenvalue weighted by molar-refractivity contribution is 7.91. The molecule has 140 valence electrons. The van der Waals surface area contributed by atoms with Gasteiger partial charge >= 0.3 is 0 Å². The van der Waals surface area contributed by atoms with Crippen LogP contribution in [-0.4, -0.2) is 20.9 Å². The fraction of sp³-hybridized carbons (Fsp3) is 0.150. The molecule has 0 spiro atoms. The molecule has 0 aliphatic carbocycles. The molecule has 1 atom stereocenters. The third-order valence-corrected chi connectivity index (χ3v) is 7.37. The van der Waals surface area contributed by atoms with Gasteiger partial charge in [0.2, 0.25) is 0 Å². The normalized spacial score (nSPS) is 12.5. The minimum atomic E-state index is -3.69. The first-order valence-corrected chi connectivity index (χ1v) is 10.7. The topological polar surface area (TPSA) is 63.2 Å². The third-order valence-electron chi connectivity index (χ3n) is 4.14. The van der Waals surface area contributed by atoms with Crippen molar-refractivity contribution in [3.05, 3.63) is 87.9 Å². The van der Waals surface area contributed by atoms with Gasteiger partial charge in [0.1, 0.15) is 11.1 Å². The number of amides is 1. The Bertz CT molecular complexity index is 1010. The Morgan fingerprint density at radius 3 is 2.33 bits per heavy atom. The van der Waals surface area contributed by atoms with Crippen LogP contribution in [0.1, 0.15) is 26.0 Å². The second-order valence-electron chi connectivity index (χ2n) is 6.08. The Labute approximate surface area is 161 Å². The average Bonchev–Trinajstić information content (AvgIpc) is 3.16. The SMILES string of the molecule is Cc1ccc(S(=O)(=O)[C@@H](CNC(=O)c2ccc(F)cc2)c2cccs2)cc1. The molecular weight excluding hydrogens is 385 g/mol. The number of rotatable bonds is 6. The van der Waals surface area contributed by atoms with Crippen molar-refractivity contribution in [2.45, 2.75) is 17.1 Å². The molecule has 3 aromatic rings. The number of benzene rings is 2. The Morgan fingerprint density at radius 1 is 1.07 bits per heavy atom. The molecule has 0 bridgehead atoms. The van der Waals surface area contributed by atoms with E-state index in [0.29, 0.717) is 4.88 Å². The van der Waals surface area contributed by atoms with Gasteiger partial charge in [-0.15, -0.1) is 11.3 Å². The molecule has 7 heteroatoms. The van der Waals surface area contributed by atoms with E-state index < -0.39 is 26.8 Å². The quantitative estimate of drug-likeness (QED) is 0.673. The number of aryl methyl sites for hydroxylation is 1. The van der Waals surface area contributed by atoms with Crippen molar-refractivity contribution in [2.24, 2.45) is 0 Å². The van der Waals surface area contributed by atoms with Crippen LogP contribution < -0.4 is 5.32 Å². The summed E-state index contributed by atoms with van der Waals surface area (Å²) in [6, 6.07) is 15.3. The van der Waals surface area contributed by atoms with Crippen LogP contribution in [0, 0.1) is 12.7 Å². The Balaban J connectivity index is 1.85. The van der Waals surface area contributed by atoms with Gasteiger partial charge in [-0.3, -0.25) is 4.79 Å². The summed E-state index contributed by atoms with van der Waals surface area (Å²) >= 11 is 1.33. The monoisotopic (exact) mass is 403 g/mol. The summed E-state index contributed by atoms with van der Waals surface area (Å²) in [6.07, 6.45) is 0. The van der Waals surface area contributed by atoms with E-state index in [1.54, 1.807) is 41.8 Å². The van der Waals surface area contributed by atoms with Crippen LogP contribution >= 0.6 is 11.3 Å². The van der Waals surface area contributed by atoms with Gasteiger partial charge in [-0.05, 0) is 54.8 Å². The van der Waals surface area contributed by atoms with E-state index >= 15 is 0 Å². The zero-order valence-electron chi connectivity index (χ0n) is 14.6. The second-order valence-corrected chi connectivity index (χ2v) is 9.19. The molecule has 1 heterocycles. The van der Waals surface area contributed by atoms with Crippen molar-refractivity contribution in [3.8, 4) is 0 Å². The van der Waals surface area contributed by atoms with Crippen LogP contribution in [0.25, 0.3) is 0 Å². The minimum Gasteiger partial charge on any atom is -0.350 e. The van der Waals surface area contributed by atoms with E-state index in [1.807, 2.05) is 6.92 Å². The maximum atomic E-state index is 13.1. The summed E-state index contributed by atoms with van der Waals surface area (Å²) in [5.74, 6) is -0.888. The molecule has 4 nitrogen and oxygen atoms in total. The van der Waals surface area contributed by atoms with Gasteiger partial charge in [-0.2, -0.15) is 0 Å². The fourth-order valence-electron chi connectivity index (χ4n) is 2.62. The molecular formula is C20H18FNO3S2. The zero-order chi connectivity index (χ0) is 19.4. The fourth-order valence-corrected chi connectivity index (χ4v) is 5.40. The second kappa shape index (κ2) is 8.02. The van der Waals surface area contributed by atoms with E-state index in [9.17, 15) is 17.6 Å². The van der Waals surface area contributed by atoms with Crippen molar-refractivity contribution in [1.82, 2.24) is 5.32 Å². The number of carbonyl (C=O) groups excluding carboxylic acids is 1. The zero-order valence-corrected chi connectivity index (χ0v) is 16.2. The van der Waals surface area contributed by atoms with E-state index in [4.69, 9.17) is 0 Å². The molecule has 0 unspecified atom stereocenters. The molecule has 0 aliphatic heterocycles. The molecule has 0 saturated carbocycles. The van der Waals surface area contributed by atoms with Crippen molar-refractivity contribution in [3.63, 3.8) is 0 Å². The van der Waals surface area contributed by atoms with E-state index in [1.165, 1.54) is 35.6 Å². The molecule has 0 aliphatic rings. The number of thiophene rings is 1. The van der Waals surface area contributed by atoms with Gasteiger partial charge in [-0.25, -0.2) is 12.8 Å². The number of hydrogen-bond donors (Lipinski definition) is 1. The molecule has 3 rings (SSSR count). The lowest BCUT2D eigenvalue weighted by Crippen LogP contribution is -2.31. The third kappa shape index (κ3) is 4.43. The smallest absolute Gasteiger partial charge is 0.251 e. The first-order chi connectivity index (χ1) is 12.9. The van der Waals surface area contributed by atoms with Crippen molar-refractivity contribution in [2.75, 3.05) is 6.54 Å². The van der Waals surface area contributed by atoms with Crippen LogP contribution in [0.15, 0.2) is 70.9 Å². The van der Waals surface area contributed by atoms with Gasteiger partial charge < -0.3 is 5.32 Å². The van der Waals surface area contributed by atoms with Gasteiger partial charge in [-0.1, -0.05) is 23.8 Å². The molecule has 1 aromatic heterocycles. The van der Waals surface area contributed by atoms with E-state index in [2.05, 4.69) is 5.32 Å². The van der Waals surface area contributed by atoms with Crippen LogP contribution in [0.4, 0.5) is 4.39 Å². The maximum absolute atomic E-state index is 13.1. The number of sulfone groups is 1. The van der Waals surface area contributed by atoms with Crippen molar-refractivity contribution < 1.29 is 17.6 Å². The van der Waals surface area contributed by atoms with Crippen LogP contribution in [-0.2, 0) is 9.84 Å². The van der Waals surface area contributed by atoms with Crippen LogP contribution in [0.2, 0.25) is 0 Å². The summed E-state index contributed by atoms with van der Waals surface area (Å²) in [7, 11) is -3.69. The highest BCUT2D eigenvalue weighted by atomic mass is 32.2. The summed E-state index contributed by atoms with van der Waals surface area (Å²) in [5.41, 5.74) is 1.24. The van der Waals surface area contributed by atoms with E-state index in [-0.39, 0.29) is 17.0 Å². The predicted octanol–water partition coefficient (Wildman–Crippen LogP) is 4.14. The molecule has 2 aromatic carbocycles. The summed E-state index contributed by atoms with van der Waals surface area (Å²) < 4.78 is 39.3. The number of halogens is 1. The maximum Gasteiger partial charge on any atom is 0.251 e. The standard InChI is InChI=1S/C20H18FNO3S2/c1-14-4-10-17(11-5-14)27(24,25)19(18-3-2-12-26-18)13-22-20(23)15-6-8-16(21)9-7-15/h2-12,19H,13H2,1H3,(H,22,23)/t19-/m0/s1. The molecule has 1 N–H and O–H groups in total. The van der Waals surface area contributed by atoms with Crippen molar-refractivity contribution >= 4 is 27.1 Å². The molecule has 0 saturated heterocycles. The Kier molecular flexibility index (Phi) is 5.72. The van der Waals surface area contributed by atoms with Crippen LogP contribution in [0.5, 0.6) is 0 Å². The van der Waals surface area contributed by atoms with Gasteiger partial charge in [0, 0.05) is 17.0 Å². The lowest BCUT2D eigenvalue weighted by Gasteiger charge is -2.17. The highest BCUT2D eigenvalue weighted by Gasteiger charge is 2.30. The van der Waals surface area contributed by atoms with E-state index in [0.717, 1.165) is 5.56 Å². The summed E-state index contributed by atoms with van der Waals surface area (Å²) in [6.45, 7) is 1.81. The number of nitrogens with one attached hydrogen (secondary N) is 1. The molecule has 0 radical (unpaired) electrons. The van der Waals surface area contributed by atoms with Gasteiger partial charge in [0.15, 0.2) is 9.84 Å². The largest absolute Gasteiger partial charge is 0.350 e. The van der Waals surface area contributed by atoms with Crippen molar-refractivity contribution in [1.29, 1.82) is 0 Å². The first-order valence-electron chi connectivity index (χ1n) is 8.25. The molecule has 0 fully saturated rings. The predicted molar refractivity (Wildman–Crippen MR) is 104 cm³/mol.